The van der Waals surface area contributed by atoms with Crippen LogP contribution in [0.25, 0.3) is 0 Å². The van der Waals surface area contributed by atoms with Crippen LogP contribution in [0.15, 0.2) is 28.8 Å². The van der Waals surface area contributed by atoms with Crippen molar-refractivity contribution < 1.29 is 17.9 Å². The van der Waals surface area contributed by atoms with Gasteiger partial charge in [-0.3, -0.25) is 10.1 Å². The number of benzene rings is 1. The minimum atomic E-state index is -3.61. The Morgan fingerprint density at radius 1 is 1.35 bits per heavy atom. The van der Waals surface area contributed by atoms with E-state index in [0.29, 0.717) is 22.6 Å². The van der Waals surface area contributed by atoms with Gasteiger partial charge in [-0.05, 0) is 19.4 Å². The van der Waals surface area contributed by atoms with Crippen LogP contribution in [-0.2, 0) is 22.3 Å². The molecule has 0 fully saturated rings. The molecule has 0 bridgehead atoms. The van der Waals surface area contributed by atoms with Crippen molar-refractivity contribution in [3.63, 3.8) is 0 Å². The SMILES string of the molecule is Cc1cc(CS(=O)(=O)N(C)Cc2cccc([N+](=O)[O-])c2C)no1. The van der Waals surface area contributed by atoms with Crippen LogP contribution < -0.4 is 0 Å². The monoisotopic (exact) mass is 339 g/mol. The number of hydrogen-bond acceptors (Lipinski definition) is 6. The molecule has 2 aromatic rings. The molecule has 0 aliphatic rings. The number of sulfonamides is 1. The van der Waals surface area contributed by atoms with E-state index in [2.05, 4.69) is 5.16 Å². The highest BCUT2D eigenvalue weighted by Crippen LogP contribution is 2.23. The van der Waals surface area contributed by atoms with E-state index < -0.39 is 14.9 Å². The van der Waals surface area contributed by atoms with Gasteiger partial charge >= 0.3 is 0 Å². The Morgan fingerprint density at radius 3 is 2.61 bits per heavy atom. The van der Waals surface area contributed by atoms with Gasteiger partial charge in [0, 0.05) is 31.3 Å². The molecule has 1 heterocycles. The van der Waals surface area contributed by atoms with Crippen LogP contribution in [-0.4, -0.2) is 29.9 Å². The summed E-state index contributed by atoms with van der Waals surface area (Å²) in [7, 11) is -2.18. The normalized spacial score (nSPS) is 11.8. The zero-order valence-electron chi connectivity index (χ0n) is 13.0. The summed E-state index contributed by atoms with van der Waals surface area (Å²) in [5.41, 5.74) is 1.34. The van der Waals surface area contributed by atoms with Crippen LogP contribution in [0.5, 0.6) is 0 Å². The molecule has 0 amide bonds. The van der Waals surface area contributed by atoms with Crippen LogP contribution in [0.1, 0.15) is 22.6 Å². The van der Waals surface area contributed by atoms with Crippen molar-refractivity contribution in [3.8, 4) is 0 Å². The van der Waals surface area contributed by atoms with Crippen molar-refractivity contribution in [3.05, 3.63) is 57.0 Å². The summed E-state index contributed by atoms with van der Waals surface area (Å²) in [5, 5.41) is 14.6. The Bertz CT molecular complexity index is 829. The van der Waals surface area contributed by atoms with Gasteiger partial charge in [-0.15, -0.1) is 0 Å². The number of nitro groups is 1. The number of nitro benzene ring substituents is 1. The molecular weight excluding hydrogens is 322 g/mol. The van der Waals surface area contributed by atoms with E-state index in [0.717, 1.165) is 4.31 Å². The highest BCUT2D eigenvalue weighted by Gasteiger charge is 2.23. The molecule has 9 heteroatoms. The molecule has 0 aliphatic heterocycles. The first kappa shape index (κ1) is 17.1. The second kappa shape index (κ2) is 6.47. The Labute approximate surface area is 133 Å². The first-order chi connectivity index (χ1) is 10.7. The standard InChI is InChI=1S/C14H17N3O5S/c1-10-7-13(15-22-10)9-23(20,21)16(3)8-12-5-4-6-14(11(12)2)17(18)19/h4-7H,8-9H2,1-3H3. The van der Waals surface area contributed by atoms with Crippen LogP contribution in [0.2, 0.25) is 0 Å². The Balaban J connectivity index is 2.19. The lowest BCUT2D eigenvalue weighted by Gasteiger charge is -2.17. The first-order valence-corrected chi connectivity index (χ1v) is 8.40. The molecular formula is C14H17N3O5S. The second-order valence-corrected chi connectivity index (χ2v) is 7.34. The molecule has 124 valence electrons. The summed E-state index contributed by atoms with van der Waals surface area (Å²) in [6.07, 6.45) is 0. The summed E-state index contributed by atoms with van der Waals surface area (Å²) >= 11 is 0. The van der Waals surface area contributed by atoms with Gasteiger partial charge in [0.2, 0.25) is 10.0 Å². The average molecular weight is 339 g/mol. The fraction of sp³-hybridized carbons (Fsp3) is 0.357. The van der Waals surface area contributed by atoms with E-state index in [4.69, 9.17) is 4.52 Å². The van der Waals surface area contributed by atoms with E-state index in [-0.39, 0.29) is 18.0 Å². The lowest BCUT2D eigenvalue weighted by molar-refractivity contribution is -0.385. The van der Waals surface area contributed by atoms with E-state index in [9.17, 15) is 18.5 Å². The van der Waals surface area contributed by atoms with Crippen LogP contribution in [0.4, 0.5) is 5.69 Å². The van der Waals surface area contributed by atoms with Gasteiger partial charge in [0.05, 0.1) is 4.92 Å². The largest absolute Gasteiger partial charge is 0.361 e. The Kier molecular flexibility index (Phi) is 4.81. The molecule has 0 N–H and O–H groups in total. The van der Waals surface area contributed by atoms with E-state index in [1.807, 2.05) is 0 Å². The zero-order valence-corrected chi connectivity index (χ0v) is 13.8. The van der Waals surface area contributed by atoms with Crippen molar-refractivity contribution in [2.24, 2.45) is 0 Å². The van der Waals surface area contributed by atoms with Gasteiger partial charge in [-0.25, -0.2) is 12.7 Å². The maximum Gasteiger partial charge on any atom is 0.272 e. The summed E-state index contributed by atoms with van der Waals surface area (Å²) in [6, 6.07) is 6.17. The number of hydrogen-bond donors (Lipinski definition) is 0. The van der Waals surface area contributed by atoms with Crippen molar-refractivity contribution in [2.75, 3.05) is 7.05 Å². The Morgan fingerprint density at radius 2 is 2.04 bits per heavy atom. The lowest BCUT2D eigenvalue weighted by atomic mass is 10.1. The van der Waals surface area contributed by atoms with Gasteiger partial charge in [-0.1, -0.05) is 17.3 Å². The van der Waals surface area contributed by atoms with Crippen LogP contribution in [0.3, 0.4) is 0 Å². The fourth-order valence-corrected chi connectivity index (χ4v) is 3.23. The quantitative estimate of drug-likeness (QED) is 0.589. The minimum Gasteiger partial charge on any atom is -0.361 e. The molecule has 0 spiro atoms. The summed E-state index contributed by atoms with van der Waals surface area (Å²) < 4.78 is 30.7. The number of aryl methyl sites for hydroxylation is 1. The third-order valence-electron chi connectivity index (χ3n) is 3.49. The molecule has 1 aromatic carbocycles. The maximum absolute atomic E-state index is 12.4. The number of nitrogens with zero attached hydrogens (tertiary/aromatic N) is 3. The molecule has 0 aliphatic carbocycles. The number of aromatic nitrogens is 1. The molecule has 23 heavy (non-hydrogen) atoms. The van der Waals surface area contributed by atoms with Crippen molar-refractivity contribution in [1.82, 2.24) is 9.46 Å². The molecule has 2 rings (SSSR count). The summed E-state index contributed by atoms with van der Waals surface area (Å²) in [4.78, 5) is 10.5. The first-order valence-electron chi connectivity index (χ1n) is 6.80. The van der Waals surface area contributed by atoms with Gasteiger partial charge in [-0.2, -0.15) is 0 Å². The fourth-order valence-electron chi connectivity index (χ4n) is 2.16. The van der Waals surface area contributed by atoms with Gasteiger partial charge in [0.15, 0.2) is 0 Å². The predicted molar refractivity (Wildman–Crippen MR) is 83.2 cm³/mol. The van der Waals surface area contributed by atoms with Crippen molar-refractivity contribution in [1.29, 1.82) is 0 Å². The molecule has 0 unspecified atom stereocenters. The molecule has 0 saturated carbocycles. The lowest BCUT2D eigenvalue weighted by Crippen LogP contribution is -2.28. The van der Waals surface area contributed by atoms with E-state index in [1.54, 1.807) is 32.0 Å². The smallest absolute Gasteiger partial charge is 0.272 e. The minimum absolute atomic E-state index is 0.0274. The summed E-state index contributed by atoms with van der Waals surface area (Å²) in [5.74, 6) is 0.252. The molecule has 1 aromatic heterocycles. The molecule has 8 nitrogen and oxygen atoms in total. The highest BCUT2D eigenvalue weighted by atomic mass is 32.2. The van der Waals surface area contributed by atoms with E-state index in [1.165, 1.54) is 13.1 Å². The molecule has 0 saturated heterocycles. The van der Waals surface area contributed by atoms with Gasteiger partial charge < -0.3 is 4.52 Å². The third-order valence-corrected chi connectivity index (χ3v) is 5.23. The van der Waals surface area contributed by atoms with Crippen LogP contribution in [0, 0.1) is 24.0 Å². The maximum atomic E-state index is 12.4. The average Bonchev–Trinajstić information content (AvgIpc) is 2.85. The Hall–Kier alpha value is -2.26. The second-order valence-electron chi connectivity index (χ2n) is 5.26. The van der Waals surface area contributed by atoms with Crippen molar-refractivity contribution in [2.45, 2.75) is 26.1 Å². The van der Waals surface area contributed by atoms with Gasteiger partial charge in [0.1, 0.15) is 17.2 Å². The topological polar surface area (TPSA) is 107 Å². The summed E-state index contributed by atoms with van der Waals surface area (Å²) in [6.45, 7) is 3.33. The predicted octanol–water partition coefficient (Wildman–Crippen LogP) is 2.16. The third kappa shape index (κ3) is 3.93. The molecule has 0 atom stereocenters. The zero-order chi connectivity index (χ0) is 17.2. The number of rotatable bonds is 6. The van der Waals surface area contributed by atoms with Gasteiger partial charge in [0.25, 0.3) is 5.69 Å². The van der Waals surface area contributed by atoms with Crippen LogP contribution >= 0.6 is 0 Å². The molecule has 0 radical (unpaired) electrons. The highest BCUT2D eigenvalue weighted by molar-refractivity contribution is 7.88. The van der Waals surface area contributed by atoms with E-state index >= 15 is 0 Å². The van der Waals surface area contributed by atoms with Crippen molar-refractivity contribution >= 4 is 15.7 Å².